The van der Waals surface area contributed by atoms with Crippen LogP contribution in [0.1, 0.15) is 20.8 Å². The van der Waals surface area contributed by atoms with Gasteiger partial charge in [0.15, 0.2) is 0 Å². The van der Waals surface area contributed by atoms with E-state index in [1.165, 1.54) is 0 Å². The minimum absolute atomic E-state index is 0.288. The molecule has 0 aliphatic rings. The molecule has 0 bridgehead atoms. The standard InChI is InChI=1S/C17H20NOP/c1-14(2)15(3)18-20(19,16-10-6-4-7-11-16)17-12-8-5-9-13-17/h4-14H,1-3H3/b18-15+. The van der Waals surface area contributed by atoms with Gasteiger partial charge in [-0.2, -0.15) is 0 Å². The molecule has 2 aromatic carbocycles. The molecule has 0 saturated carbocycles. The first-order valence-electron chi connectivity index (χ1n) is 6.82. The first kappa shape index (κ1) is 14.7. The summed E-state index contributed by atoms with van der Waals surface area (Å²) in [7, 11) is -2.95. The molecule has 104 valence electrons. The molecule has 0 aliphatic carbocycles. The van der Waals surface area contributed by atoms with E-state index in [0.717, 1.165) is 16.3 Å². The zero-order valence-corrected chi connectivity index (χ0v) is 13.0. The second kappa shape index (κ2) is 6.19. The van der Waals surface area contributed by atoms with Gasteiger partial charge in [-0.05, 0) is 37.1 Å². The summed E-state index contributed by atoms with van der Waals surface area (Å²) < 4.78 is 18.2. The maximum absolute atomic E-state index is 13.5. The lowest BCUT2D eigenvalue weighted by Crippen LogP contribution is -2.16. The Kier molecular flexibility index (Phi) is 4.57. The molecule has 2 aromatic rings. The lowest BCUT2D eigenvalue weighted by molar-refractivity contribution is 0.588. The Balaban J connectivity index is 2.62. The molecule has 3 heteroatoms. The molecule has 0 aliphatic heterocycles. The van der Waals surface area contributed by atoms with E-state index in [0.29, 0.717) is 0 Å². The fraction of sp³-hybridized carbons (Fsp3) is 0.235. The van der Waals surface area contributed by atoms with Crippen molar-refractivity contribution in [3.8, 4) is 0 Å². The Bertz CT molecular complexity index is 589. The van der Waals surface area contributed by atoms with Crippen molar-refractivity contribution in [2.24, 2.45) is 10.7 Å². The number of rotatable bonds is 4. The van der Waals surface area contributed by atoms with Crippen molar-refractivity contribution in [3.05, 3.63) is 60.7 Å². The summed E-state index contributed by atoms with van der Waals surface area (Å²) in [5.41, 5.74) is 0.918. The molecular weight excluding hydrogens is 265 g/mol. The van der Waals surface area contributed by atoms with Crippen molar-refractivity contribution in [2.75, 3.05) is 0 Å². The first-order valence-corrected chi connectivity index (χ1v) is 8.48. The minimum Gasteiger partial charge on any atom is -0.288 e. The molecule has 0 N–H and O–H groups in total. The highest BCUT2D eigenvalue weighted by atomic mass is 31.2. The van der Waals surface area contributed by atoms with E-state index in [4.69, 9.17) is 0 Å². The molecule has 0 atom stereocenters. The third kappa shape index (κ3) is 3.08. The van der Waals surface area contributed by atoms with E-state index in [-0.39, 0.29) is 5.92 Å². The summed E-state index contributed by atoms with van der Waals surface area (Å²) >= 11 is 0. The van der Waals surface area contributed by atoms with E-state index in [1.807, 2.05) is 67.6 Å². The molecule has 0 fully saturated rings. The van der Waals surface area contributed by atoms with Crippen LogP contribution in [0.15, 0.2) is 65.4 Å². The highest BCUT2D eigenvalue weighted by Gasteiger charge is 2.26. The van der Waals surface area contributed by atoms with E-state index in [2.05, 4.69) is 18.6 Å². The highest BCUT2D eigenvalue weighted by molar-refractivity contribution is 7.77. The van der Waals surface area contributed by atoms with Crippen LogP contribution in [0.5, 0.6) is 0 Å². The zero-order valence-electron chi connectivity index (χ0n) is 12.2. The number of nitrogens with zero attached hydrogens (tertiary/aromatic N) is 1. The van der Waals surface area contributed by atoms with Crippen LogP contribution in [0.4, 0.5) is 0 Å². The van der Waals surface area contributed by atoms with Gasteiger partial charge in [-0.25, -0.2) is 4.76 Å². The fourth-order valence-corrected chi connectivity index (χ4v) is 4.22. The SMILES string of the molecule is C/C(=N\P(=O)(c1ccccc1)c1ccccc1)C(C)C. The van der Waals surface area contributed by atoms with Crippen LogP contribution in [0.3, 0.4) is 0 Å². The van der Waals surface area contributed by atoms with Crippen LogP contribution in [-0.2, 0) is 4.57 Å². The van der Waals surface area contributed by atoms with Crippen LogP contribution in [-0.4, -0.2) is 5.71 Å². The molecule has 0 heterocycles. The van der Waals surface area contributed by atoms with Crippen LogP contribution < -0.4 is 10.6 Å². The second-order valence-corrected chi connectivity index (χ2v) is 7.53. The molecule has 0 aromatic heterocycles. The minimum atomic E-state index is -2.95. The molecule has 0 amide bonds. The van der Waals surface area contributed by atoms with Crippen molar-refractivity contribution in [2.45, 2.75) is 20.8 Å². The lowest BCUT2D eigenvalue weighted by Gasteiger charge is -2.17. The molecular formula is C17H20NOP. The largest absolute Gasteiger partial charge is 0.288 e. The van der Waals surface area contributed by atoms with Gasteiger partial charge >= 0.3 is 0 Å². The monoisotopic (exact) mass is 285 g/mol. The summed E-state index contributed by atoms with van der Waals surface area (Å²) in [6.07, 6.45) is 0. The van der Waals surface area contributed by atoms with E-state index < -0.39 is 7.29 Å². The van der Waals surface area contributed by atoms with Gasteiger partial charge in [-0.15, -0.1) is 0 Å². The second-order valence-electron chi connectivity index (χ2n) is 5.14. The Morgan fingerprint density at radius 3 is 1.65 bits per heavy atom. The number of hydrogen-bond donors (Lipinski definition) is 0. The summed E-state index contributed by atoms with van der Waals surface area (Å²) in [5.74, 6) is 0.288. The topological polar surface area (TPSA) is 29.4 Å². The van der Waals surface area contributed by atoms with Crippen molar-refractivity contribution in [1.82, 2.24) is 0 Å². The van der Waals surface area contributed by atoms with Crippen LogP contribution in [0.25, 0.3) is 0 Å². The van der Waals surface area contributed by atoms with E-state index >= 15 is 0 Å². The quantitative estimate of drug-likeness (QED) is 0.616. The zero-order chi connectivity index (χ0) is 14.6. The Hall–Kier alpha value is -1.66. The van der Waals surface area contributed by atoms with Gasteiger partial charge in [0.1, 0.15) is 0 Å². The average molecular weight is 285 g/mol. The summed E-state index contributed by atoms with van der Waals surface area (Å²) in [6.45, 7) is 6.08. The third-order valence-electron chi connectivity index (χ3n) is 3.35. The fourth-order valence-electron chi connectivity index (χ4n) is 1.86. The van der Waals surface area contributed by atoms with Crippen LogP contribution in [0, 0.1) is 5.92 Å². The van der Waals surface area contributed by atoms with Crippen LogP contribution in [0.2, 0.25) is 0 Å². The molecule has 0 saturated heterocycles. The third-order valence-corrected chi connectivity index (χ3v) is 5.94. The summed E-state index contributed by atoms with van der Waals surface area (Å²) in [6, 6.07) is 19.1. The van der Waals surface area contributed by atoms with Crippen molar-refractivity contribution >= 4 is 23.6 Å². The summed E-state index contributed by atoms with van der Waals surface area (Å²) in [4.78, 5) is 0. The molecule has 0 spiro atoms. The summed E-state index contributed by atoms with van der Waals surface area (Å²) in [5, 5.41) is 1.57. The molecule has 2 rings (SSSR count). The van der Waals surface area contributed by atoms with Crippen molar-refractivity contribution in [1.29, 1.82) is 0 Å². The number of hydrogen-bond acceptors (Lipinski definition) is 1. The molecule has 0 radical (unpaired) electrons. The van der Waals surface area contributed by atoms with E-state index in [9.17, 15) is 4.57 Å². The Morgan fingerprint density at radius 2 is 1.30 bits per heavy atom. The normalized spacial score (nSPS) is 12.7. The maximum atomic E-state index is 13.5. The maximum Gasteiger partial charge on any atom is 0.247 e. The number of benzene rings is 2. The highest BCUT2D eigenvalue weighted by Crippen LogP contribution is 2.45. The van der Waals surface area contributed by atoms with Gasteiger partial charge in [0, 0.05) is 16.3 Å². The first-order chi connectivity index (χ1) is 9.54. The van der Waals surface area contributed by atoms with E-state index in [1.54, 1.807) is 0 Å². The van der Waals surface area contributed by atoms with Gasteiger partial charge < -0.3 is 0 Å². The Morgan fingerprint density at radius 1 is 0.900 bits per heavy atom. The molecule has 2 nitrogen and oxygen atoms in total. The van der Waals surface area contributed by atoms with Gasteiger partial charge in [-0.1, -0.05) is 50.2 Å². The van der Waals surface area contributed by atoms with Crippen molar-refractivity contribution < 1.29 is 4.57 Å². The lowest BCUT2D eigenvalue weighted by atomic mass is 10.1. The van der Waals surface area contributed by atoms with Gasteiger partial charge in [0.2, 0.25) is 7.29 Å². The van der Waals surface area contributed by atoms with Gasteiger partial charge in [0.25, 0.3) is 0 Å². The predicted molar refractivity (Wildman–Crippen MR) is 87.7 cm³/mol. The molecule has 0 unspecified atom stereocenters. The Labute approximate surface area is 121 Å². The average Bonchev–Trinajstić information content (AvgIpc) is 2.48. The van der Waals surface area contributed by atoms with Crippen LogP contribution >= 0.6 is 7.29 Å². The van der Waals surface area contributed by atoms with Gasteiger partial charge in [-0.3, -0.25) is 4.57 Å². The predicted octanol–water partition coefficient (Wildman–Crippen LogP) is 4.03. The van der Waals surface area contributed by atoms with Gasteiger partial charge in [0.05, 0.1) is 0 Å². The molecule has 20 heavy (non-hydrogen) atoms. The van der Waals surface area contributed by atoms with Crippen molar-refractivity contribution in [3.63, 3.8) is 0 Å². The smallest absolute Gasteiger partial charge is 0.247 e.